The number of urea groups is 1. The highest BCUT2D eigenvalue weighted by Crippen LogP contribution is 2.37. The summed E-state index contributed by atoms with van der Waals surface area (Å²) in [5.74, 6) is 1.72. The molecule has 9 nitrogen and oxygen atoms in total. The smallest absolute Gasteiger partial charge is 0.345 e. The predicted molar refractivity (Wildman–Crippen MR) is 128 cm³/mol. The van der Waals surface area contributed by atoms with Gasteiger partial charge in [-0.05, 0) is 60.7 Å². The third-order valence-corrected chi connectivity index (χ3v) is 5.01. The number of nitrogens with one attached hydrogen (secondary N) is 2. The van der Waals surface area contributed by atoms with Gasteiger partial charge < -0.3 is 19.5 Å². The molecule has 2 N–H and O–H groups in total. The van der Waals surface area contributed by atoms with Crippen molar-refractivity contribution >= 4 is 34.7 Å². The topological polar surface area (TPSA) is 102 Å². The van der Waals surface area contributed by atoms with E-state index in [0.29, 0.717) is 40.6 Å². The number of carbonyl (C=O) groups is 2. The standard InChI is InChI=1S/C25H21FN4O5/c1-33-23-13-20-21(14-24(23)34-2)27-12-11-22(20)35-19-9-5-17(6-10-19)29-25(32)30(28-15-31)18-7-3-16(26)4-8-18/h3-15H,1-2H3,(H,28,31)(H,29,32). The van der Waals surface area contributed by atoms with Gasteiger partial charge in [0.25, 0.3) is 0 Å². The van der Waals surface area contributed by atoms with Gasteiger partial charge in [-0.25, -0.2) is 14.2 Å². The number of amides is 3. The minimum atomic E-state index is -0.640. The van der Waals surface area contributed by atoms with E-state index in [2.05, 4.69) is 15.7 Å². The zero-order valence-electron chi connectivity index (χ0n) is 18.8. The summed E-state index contributed by atoms with van der Waals surface area (Å²) in [4.78, 5) is 28.0. The molecule has 1 aromatic heterocycles. The number of aromatic nitrogens is 1. The molecule has 0 saturated carbocycles. The third-order valence-electron chi connectivity index (χ3n) is 5.01. The average Bonchev–Trinajstić information content (AvgIpc) is 2.88. The number of hydrazine groups is 1. The second-order valence-corrected chi connectivity index (χ2v) is 7.15. The molecule has 4 rings (SSSR count). The van der Waals surface area contributed by atoms with Gasteiger partial charge in [0.15, 0.2) is 11.5 Å². The van der Waals surface area contributed by atoms with Crippen LogP contribution in [0.2, 0.25) is 0 Å². The van der Waals surface area contributed by atoms with Crippen LogP contribution in [0.25, 0.3) is 10.9 Å². The van der Waals surface area contributed by atoms with E-state index in [1.807, 2.05) is 0 Å². The molecule has 0 fully saturated rings. The van der Waals surface area contributed by atoms with Crippen molar-refractivity contribution in [2.24, 2.45) is 0 Å². The lowest BCUT2D eigenvalue weighted by Crippen LogP contribution is -2.45. The Kier molecular flexibility index (Phi) is 6.91. The molecule has 178 valence electrons. The molecule has 3 aromatic carbocycles. The van der Waals surface area contributed by atoms with E-state index in [9.17, 15) is 14.0 Å². The average molecular weight is 476 g/mol. The van der Waals surface area contributed by atoms with Gasteiger partial charge in [0, 0.05) is 23.3 Å². The number of ether oxygens (including phenoxy) is 3. The van der Waals surface area contributed by atoms with Crippen molar-refractivity contribution in [1.29, 1.82) is 0 Å². The van der Waals surface area contributed by atoms with Crippen LogP contribution >= 0.6 is 0 Å². The number of anilines is 2. The summed E-state index contributed by atoms with van der Waals surface area (Å²) in [6.45, 7) is 0. The normalized spacial score (nSPS) is 10.4. The zero-order chi connectivity index (χ0) is 24.8. The van der Waals surface area contributed by atoms with Crippen LogP contribution in [0.15, 0.2) is 72.9 Å². The summed E-state index contributed by atoms with van der Waals surface area (Å²) < 4.78 is 29.9. The lowest BCUT2D eigenvalue weighted by Gasteiger charge is -2.21. The number of methoxy groups -OCH3 is 2. The first-order valence-corrected chi connectivity index (χ1v) is 10.4. The molecule has 3 amide bonds. The maximum atomic E-state index is 13.2. The van der Waals surface area contributed by atoms with Crippen LogP contribution in [0.1, 0.15) is 0 Å². The molecule has 0 atom stereocenters. The summed E-state index contributed by atoms with van der Waals surface area (Å²) in [5.41, 5.74) is 3.70. The van der Waals surface area contributed by atoms with E-state index in [0.717, 1.165) is 10.4 Å². The van der Waals surface area contributed by atoms with Gasteiger partial charge in [-0.3, -0.25) is 15.2 Å². The zero-order valence-corrected chi connectivity index (χ0v) is 18.8. The number of pyridine rings is 1. The molecule has 35 heavy (non-hydrogen) atoms. The van der Waals surface area contributed by atoms with Crippen LogP contribution in [-0.2, 0) is 4.79 Å². The van der Waals surface area contributed by atoms with Crippen molar-refractivity contribution in [2.75, 3.05) is 24.5 Å². The first kappa shape index (κ1) is 23.3. The van der Waals surface area contributed by atoms with Crippen molar-refractivity contribution in [3.63, 3.8) is 0 Å². The highest BCUT2D eigenvalue weighted by atomic mass is 19.1. The minimum Gasteiger partial charge on any atom is -0.493 e. The fourth-order valence-corrected chi connectivity index (χ4v) is 3.34. The Labute approximate surface area is 200 Å². The molecule has 1 heterocycles. The Bertz CT molecular complexity index is 1350. The summed E-state index contributed by atoms with van der Waals surface area (Å²) in [6.07, 6.45) is 1.98. The van der Waals surface area contributed by atoms with Crippen LogP contribution in [0.5, 0.6) is 23.0 Å². The molecule has 0 aliphatic heterocycles. The number of fused-ring (bicyclic) bond motifs is 1. The van der Waals surface area contributed by atoms with Crippen LogP contribution < -0.4 is 30.0 Å². The monoisotopic (exact) mass is 476 g/mol. The van der Waals surface area contributed by atoms with Crippen LogP contribution in [0.3, 0.4) is 0 Å². The Morgan fingerprint density at radius 1 is 0.943 bits per heavy atom. The van der Waals surface area contributed by atoms with Crippen LogP contribution in [0, 0.1) is 5.82 Å². The first-order chi connectivity index (χ1) is 17.0. The van der Waals surface area contributed by atoms with E-state index >= 15 is 0 Å². The largest absolute Gasteiger partial charge is 0.493 e. The maximum Gasteiger partial charge on any atom is 0.345 e. The number of benzene rings is 3. The van der Waals surface area contributed by atoms with Crippen molar-refractivity contribution in [2.45, 2.75) is 0 Å². The Hall–Kier alpha value is -4.86. The van der Waals surface area contributed by atoms with E-state index < -0.39 is 11.8 Å². The molecule has 4 aromatic rings. The lowest BCUT2D eigenvalue weighted by atomic mass is 10.2. The van der Waals surface area contributed by atoms with Crippen LogP contribution in [0.4, 0.5) is 20.6 Å². The first-order valence-electron chi connectivity index (χ1n) is 10.4. The molecule has 0 spiro atoms. The van der Waals surface area contributed by atoms with Crippen molar-refractivity contribution in [3.8, 4) is 23.0 Å². The molecule has 0 aliphatic rings. The molecule has 0 radical (unpaired) electrons. The Balaban J connectivity index is 1.51. The van der Waals surface area contributed by atoms with Gasteiger partial charge in [-0.1, -0.05) is 0 Å². The predicted octanol–water partition coefficient (Wildman–Crippen LogP) is 4.88. The molecule has 0 bridgehead atoms. The number of halogens is 1. The summed E-state index contributed by atoms with van der Waals surface area (Å²) in [7, 11) is 3.10. The second kappa shape index (κ2) is 10.4. The van der Waals surface area contributed by atoms with E-state index in [1.165, 1.54) is 24.3 Å². The van der Waals surface area contributed by atoms with Crippen molar-refractivity contribution in [1.82, 2.24) is 10.4 Å². The second-order valence-electron chi connectivity index (χ2n) is 7.15. The molecular weight excluding hydrogens is 455 g/mol. The molecule has 0 unspecified atom stereocenters. The van der Waals surface area contributed by atoms with Gasteiger partial charge in [-0.2, -0.15) is 0 Å². The highest BCUT2D eigenvalue weighted by Gasteiger charge is 2.16. The highest BCUT2D eigenvalue weighted by molar-refractivity contribution is 6.02. The Morgan fingerprint density at radius 3 is 2.29 bits per heavy atom. The molecule has 0 saturated heterocycles. The summed E-state index contributed by atoms with van der Waals surface area (Å²) >= 11 is 0. The minimum absolute atomic E-state index is 0.285. The fourth-order valence-electron chi connectivity index (χ4n) is 3.34. The molecule has 10 heteroatoms. The molecular formula is C25H21FN4O5. The number of carbonyl (C=O) groups excluding carboxylic acids is 2. The number of nitrogens with zero attached hydrogens (tertiary/aromatic N) is 2. The van der Waals surface area contributed by atoms with Gasteiger partial charge in [-0.15, -0.1) is 0 Å². The lowest BCUT2D eigenvalue weighted by molar-refractivity contribution is -0.109. The van der Waals surface area contributed by atoms with Crippen molar-refractivity contribution in [3.05, 3.63) is 78.7 Å². The maximum absolute atomic E-state index is 13.2. The van der Waals surface area contributed by atoms with Crippen LogP contribution in [-0.4, -0.2) is 31.6 Å². The number of rotatable bonds is 8. The number of hydrogen-bond acceptors (Lipinski definition) is 6. The van der Waals surface area contributed by atoms with Gasteiger partial charge in [0.2, 0.25) is 6.41 Å². The van der Waals surface area contributed by atoms with Crippen molar-refractivity contribution < 1.29 is 28.2 Å². The SMILES string of the molecule is COc1cc2nccc(Oc3ccc(NC(=O)N(NC=O)c4ccc(F)cc4)cc3)c2cc1OC. The summed E-state index contributed by atoms with van der Waals surface area (Å²) in [6, 6.07) is 16.4. The van der Waals surface area contributed by atoms with E-state index in [-0.39, 0.29) is 5.69 Å². The van der Waals surface area contributed by atoms with Gasteiger partial charge >= 0.3 is 6.03 Å². The molecule has 0 aliphatic carbocycles. The fraction of sp³-hybridized carbons (Fsp3) is 0.0800. The van der Waals surface area contributed by atoms with Gasteiger partial charge in [0.1, 0.15) is 17.3 Å². The quantitative estimate of drug-likeness (QED) is 0.278. The summed E-state index contributed by atoms with van der Waals surface area (Å²) in [5, 5.41) is 4.36. The third kappa shape index (κ3) is 5.22. The van der Waals surface area contributed by atoms with Gasteiger partial charge in [0.05, 0.1) is 25.4 Å². The Morgan fingerprint density at radius 2 is 1.63 bits per heavy atom. The number of hydrogen-bond donors (Lipinski definition) is 2. The van der Waals surface area contributed by atoms with E-state index in [4.69, 9.17) is 14.2 Å². The van der Waals surface area contributed by atoms with E-state index in [1.54, 1.807) is 62.9 Å².